The van der Waals surface area contributed by atoms with E-state index in [1.807, 2.05) is 11.0 Å². The molecule has 2 aliphatic heterocycles. The van der Waals surface area contributed by atoms with Gasteiger partial charge in [-0.25, -0.2) is 0 Å². The molecular formula is C16H22N2O. The number of amides is 1. The molecule has 1 aromatic carbocycles. The fourth-order valence-electron chi connectivity index (χ4n) is 3.07. The van der Waals surface area contributed by atoms with Gasteiger partial charge in [0.2, 0.25) is 0 Å². The van der Waals surface area contributed by atoms with Crippen molar-refractivity contribution < 1.29 is 4.79 Å². The zero-order valence-electron chi connectivity index (χ0n) is 11.5. The van der Waals surface area contributed by atoms with E-state index in [0.29, 0.717) is 0 Å². The first-order valence-corrected chi connectivity index (χ1v) is 7.46. The van der Waals surface area contributed by atoms with Crippen LogP contribution in [0, 0.1) is 0 Å². The van der Waals surface area contributed by atoms with Gasteiger partial charge in [0.25, 0.3) is 5.91 Å². The van der Waals surface area contributed by atoms with Crippen LogP contribution in [0.5, 0.6) is 0 Å². The highest BCUT2D eigenvalue weighted by atomic mass is 16.2. The maximum atomic E-state index is 12.5. The van der Waals surface area contributed by atoms with E-state index in [1.165, 1.54) is 24.0 Å². The van der Waals surface area contributed by atoms with Crippen LogP contribution >= 0.6 is 0 Å². The second-order valence-electron chi connectivity index (χ2n) is 5.62. The summed E-state index contributed by atoms with van der Waals surface area (Å²) >= 11 is 0. The number of benzene rings is 1. The summed E-state index contributed by atoms with van der Waals surface area (Å²) in [4.78, 5) is 14.6. The third-order valence-corrected chi connectivity index (χ3v) is 4.23. The number of fused-ring (bicyclic) bond motifs is 1. The number of hydrogen-bond acceptors (Lipinski definition) is 2. The SMILES string of the molecule is O=C(c1ccc2c(c1)CNCC2)N1CCCCCC1. The lowest BCUT2D eigenvalue weighted by molar-refractivity contribution is 0.0761. The Labute approximate surface area is 115 Å². The maximum absolute atomic E-state index is 12.5. The Morgan fingerprint density at radius 2 is 1.84 bits per heavy atom. The third-order valence-electron chi connectivity index (χ3n) is 4.23. The Kier molecular flexibility index (Phi) is 3.83. The smallest absolute Gasteiger partial charge is 0.253 e. The van der Waals surface area contributed by atoms with E-state index in [2.05, 4.69) is 17.4 Å². The zero-order valence-corrected chi connectivity index (χ0v) is 11.5. The highest BCUT2D eigenvalue weighted by Crippen LogP contribution is 2.18. The summed E-state index contributed by atoms with van der Waals surface area (Å²) in [7, 11) is 0. The molecular weight excluding hydrogens is 236 g/mol. The van der Waals surface area contributed by atoms with Gasteiger partial charge in [0, 0.05) is 25.2 Å². The molecule has 1 aromatic rings. The molecule has 0 bridgehead atoms. The second kappa shape index (κ2) is 5.74. The highest BCUT2D eigenvalue weighted by molar-refractivity contribution is 5.94. The van der Waals surface area contributed by atoms with Crippen molar-refractivity contribution >= 4 is 5.91 Å². The van der Waals surface area contributed by atoms with Crippen molar-refractivity contribution in [2.45, 2.75) is 38.6 Å². The number of nitrogens with one attached hydrogen (secondary N) is 1. The van der Waals surface area contributed by atoms with Gasteiger partial charge in [0.15, 0.2) is 0 Å². The van der Waals surface area contributed by atoms with E-state index in [-0.39, 0.29) is 5.91 Å². The second-order valence-corrected chi connectivity index (χ2v) is 5.62. The Bertz CT molecular complexity index is 462. The summed E-state index contributed by atoms with van der Waals surface area (Å²) in [5, 5.41) is 3.37. The van der Waals surface area contributed by atoms with E-state index in [1.54, 1.807) is 0 Å². The molecule has 0 atom stereocenters. The van der Waals surface area contributed by atoms with Gasteiger partial charge >= 0.3 is 0 Å². The van der Waals surface area contributed by atoms with Crippen molar-refractivity contribution in [3.05, 3.63) is 34.9 Å². The number of carbonyl (C=O) groups is 1. The van der Waals surface area contributed by atoms with Crippen LogP contribution in [-0.2, 0) is 13.0 Å². The Morgan fingerprint density at radius 3 is 2.63 bits per heavy atom. The molecule has 0 unspecified atom stereocenters. The van der Waals surface area contributed by atoms with Crippen molar-refractivity contribution in [3.63, 3.8) is 0 Å². The van der Waals surface area contributed by atoms with Crippen molar-refractivity contribution in [2.24, 2.45) is 0 Å². The van der Waals surface area contributed by atoms with Crippen molar-refractivity contribution in [3.8, 4) is 0 Å². The van der Waals surface area contributed by atoms with Gasteiger partial charge in [-0.2, -0.15) is 0 Å². The van der Waals surface area contributed by atoms with E-state index < -0.39 is 0 Å². The molecule has 3 heteroatoms. The predicted molar refractivity (Wildman–Crippen MR) is 76.2 cm³/mol. The van der Waals surface area contributed by atoms with Gasteiger partial charge in [-0.15, -0.1) is 0 Å². The van der Waals surface area contributed by atoms with Gasteiger partial charge in [-0.3, -0.25) is 4.79 Å². The fraction of sp³-hybridized carbons (Fsp3) is 0.562. The minimum Gasteiger partial charge on any atom is -0.339 e. The van der Waals surface area contributed by atoms with Crippen molar-refractivity contribution in [1.29, 1.82) is 0 Å². The lowest BCUT2D eigenvalue weighted by atomic mass is 9.98. The zero-order chi connectivity index (χ0) is 13.1. The molecule has 3 rings (SSSR count). The van der Waals surface area contributed by atoms with Crippen molar-refractivity contribution in [1.82, 2.24) is 10.2 Å². The monoisotopic (exact) mass is 258 g/mol. The van der Waals surface area contributed by atoms with Gasteiger partial charge < -0.3 is 10.2 Å². The molecule has 19 heavy (non-hydrogen) atoms. The average Bonchev–Trinajstić information content (AvgIpc) is 2.75. The molecule has 0 radical (unpaired) electrons. The lowest BCUT2D eigenvalue weighted by Crippen LogP contribution is -2.32. The summed E-state index contributed by atoms with van der Waals surface area (Å²) in [6.07, 6.45) is 5.90. The Morgan fingerprint density at radius 1 is 1.05 bits per heavy atom. The number of hydrogen-bond donors (Lipinski definition) is 1. The molecule has 2 heterocycles. The van der Waals surface area contributed by atoms with Gasteiger partial charge in [0.1, 0.15) is 0 Å². The molecule has 3 nitrogen and oxygen atoms in total. The largest absolute Gasteiger partial charge is 0.339 e. The van der Waals surface area contributed by atoms with E-state index >= 15 is 0 Å². The molecule has 1 amide bonds. The van der Waals surface area contributed by atoms with Crippen LogP contribution in [0.4, 0.5) is 0 Å². The molecule has 2 aliphatic rings. The van der Waals surface area contributed by atoms with Crippen LogP contribution in [0.15, 0.2) is 18.2 Å². The van der Waals surface area contributed by atoms with Crippen LogP contribution in [0.3, 0.4) is 0 Å². The van der Waals surface area contributed by atoms with Gasteiger partial charge in [-0.05, 0) is 49.1 Å². The molecule has 1 N–H and O–H groups in total. The van der Waals surface area contributed by atoms with Crippen molar-refractivity contribution in [2.75, 3.05) is 19.6 Å². The Hall–Kier alpha value is -1.35. The van der Waals surface area contributed by atoms with E-state index in [9.17, 15) is 4.79 Å². The first-order chi connectivity index (χ1) is 9.34. The highest BCUT2D eigenvalue weighted by Gasteiger charge is 2.18. The predicted octanol–water partition coefficient (Wildman–Crippen LogP) is 2.35. The van der Waals surface area contributed by atoms with Crippen LogP contribution < -0.4 is 5.32 Å². The minimum atomic E-state index is 0.218. The summed E-state index contributed by atoms with van der Waals surface area (Å²) in [5.74, 6) is 0.218. The van der Waals surface area contributed by atoms with Crippen LogP contribution in [0.2, 0.25) is 0 Å². The third kappa shape index (κ3) is 2.81. The maximum Gasteiger partial charge on any atom is 0.253 e. The summed E-state index contributed by atoms with van der Waals surface area (Å²) in [6, 6.07) is 6.24. The number of carbonyl (C=O) groups excluding carboxylic acids is 1. The number of rotatable bonds is 1. The van der Waals surface area contributed by atoms with Crippen LogP contribution in [0.1, 0.15) is 47.2 Å². The van der Waals surface area contributed by atoms with Gasteiger partial charge in [-0.1, -0.05) is 18.9 Å². The normalized spacial score (nSPS) is 19.7. The number of likely N-dealkylation sites (tertiary alicyclic amines) is 1. The minimum absolute atomic E-state index is 0.218. The number of nitrogens with zero attached hydrogens (tertiary/aromatic N) is 1. The van der Waals surface area contributed by atoms with Gasteiger partial charge in [0.05, 0.1) is 0 Å². The first-order valence-electron chi connectivity index (χ1n) is 7.46. The van der Waals surface area contributed by atoms with Crippen LogP contribution in [0.25, 0.3) is 0 Å². The first kappa shape index (κ1) is 12.7. The van der Waals surface area contributed by atoms with E-state index in [4.69, 9.17) is 0 Å². The van der Waals surface area contributed by atoms with E-state index in [0.717, 1.165) is 51.0 Å². The fourth-order valence-corrected chi connectivity index (χ4v) is 3.07. The topological polar surface area (TPSA) is 32.3 Å². The molecule has 0 spiro atoms. The quantitative estimate of drug-likeness (QED) is 0.838. The molecule has 1 saturated heterocycles. The lowest BCUT2D eigenvalue weighted by Gasteiger charge is -2.22. The summed E-state index contributed by atoms with van der Waals surface area (Å²) in [5.41, 5.74) is 3.56. The molecule has 0 aromatic heterocycles. The standard InChI is InChI=1S/C16H22N2O/c19-16(18-9-3-1-2-4-10-18)14-6-5-13-7-8-17-12-15(13)11-14/h5-6,11,17H,1-4,7-10,12H2. The molecule has 0 aliphatic carbocycles. The van der Waals surface area contributed by atoms with Crippen LogP contribution in [-0.4, -0.2) is 30.4 Å². The summed E-state index contributed by atoms with van der Waals surface area (Å²) < 4.78 is 0. The average molecular weight is 258 g/mol. The Balaban J connectivity index is 1.78. The summed E-state index contributed by atoms with van der Waals surface area (Å²) in [6.45, 7) is 3.80. The molecule has 1 fully saturated rings. The molecule has 0 saturated carbocycles. The molecule has 102 valence electrons.